The molecule has 0 aliphatic heterocycles. The third-order valence-corrected chi connectivity index (χ3v) is 4.02. The molecule has 0 aliphatic rings. The van der Waals surface area contributed by atoms with Gasteiger partial charge in [0, 0.05) is 11.6 Å². The second-order valence-electron chi connectivity index (χ2n) is 5.99. The maximum Gasteiger partial charge on any atom is 0.196 e. The normalized spacial score (nSPS) is 9.37. The van der Waals surface area contributed by atoms with Crippen molar-refractivity contribution < 1.29 is 31.1 Å². The molecule has 27 heavy (non-hydrogen) atoms. The third kappa shape index (κ3) is 8.68. The van der Waals surface area contributed by atoms with Crippen LogP contribution in [-0.4, -0.2) is 33.9 Å². The molecule has 0 atom stereocenters. The molecule has 0 heterocycles. The van der Waals surface area contributed by atoms with Crippen LogP contribution in [0.15, 0.2) is 48.5 Å². The summed E-state index contributed by atoms with van der Waals surface area (Å²) in [4.78, 5) is 12.4. The summed E-state index contributed by atoms with van der Waals surface area (Å²) in [6.07, 6.45) is 7.25. The quantitative estimate of drug-likeness (QED) is 0.500. The molecule has 0 radical (unpaired) electrons. The smallest absolute Gasteiger partial charge is 0.196 e. The molecule has 0 bridgehead atoms. The first-order valence-corrected chi connectivity index (χ1v) is 8.78. The van der Waals surface area contributed by atoms with Gasteiger partial charge in [-0.15, -0.1) is 0 Å². The number of hydrogen-bond donors (Lipinski definition) is 1. The van der Waals surface area contributed by atoms with Gasteiger partial charge in [-0.1, -0.05) is 69.4 Å². The van der Waals surface area contributed by atoms with Gasteiger partial charge in [0.15, 0.2) is 5.78 Å². The average molecular weight is 380 g/mol. The van der Waals surface area contributed by atoms with Crippen molar-refractivity contribution in [2.75, 3.05) is 6.61 Å². The first-order chi connectivity index (χ1) is 11.7. The third-order valence-electron chi connectivity index (χ3n) is 4.02. The lowest BCUT2D eigenvalue weighted by Gasteiger charge is -2.09. The zero-order valence-electron chi connectivity index (χ0n) is 15.8. The standard InChI is InChI=1S/C21H26O3.3H2O/c1-2-3-4-5-6-10-15-24-18-13-14-19(20(22)16-18)21(23)17-11-8-7-9-12-17;;;/h7-9,11-14,16,22H,2-6,10,15H2,1H3;3*1H2. The van der Waals surface area contributed by atoms with E-state index in [-0.39, 0.29) is 28.0 Å². The summed E-state index contributed by atoms with van der Waals surface area (Å²) in [6.45, 7) is 2.85. The fraction of sp³-hybridized carbons (Fsp3) is 0.381. The van der Waals surface area contributed by atoms with Gasteiger partial charge in [-0.2, -0.15) is 0 Å². The van der Waals surface area contributed by atoms with Crippen LogP contribution in [0.25, 0.3) is 0 Å². The predicted octanol–water partition coefficient (Wildman–Crippen LogP) is 2.89. The summed E-state index contributed by atoms with van der Waals surface area (Å²) in [5, 5.41) is 10.1. The van der Waals surface area contributed by atoms with Crippen molar-refractivity contribution in [1.29, 1.82) is 0 Å². The Morgan fingerprint density at radius 1 is 0.889 bits per heavy atom. The molecular formula is C21H32O6. The lowest BCUT2D eigenvalue weighted by Crippen LogP contribution is -2.02. The van der Waals surface area contributed by atoms with Gasteiger partial charge in [-0.25, -0.2) is 0 Å². The number of carbonyl (C=O) groups excluding carboxylic acids is 1. The molecule has 0 aliphatic carbocycles. The van der Waals surface area contributed by atoms with E-state index in [2.05, 4.69) is 6.92 Å². The minimum Gasteiger partial charge on any atom is -0.507 e. The molecule has 0 fully saturated rings. The highest BCUT2D eigenvalue weighted by molar-refractivity contribution is 6.10. The van der Waals surface area contributed by atoms with E-state index < -0.39 is 0 Å². The molecule has 0 saturated carbocycles. The summed E-state index contributed by atoms with van der Waals surface area (Å²) in [7, 11) is 0. The molecule has 2 rings (SSSR count). The molecule has 152 valence electrons. The van der Waals surface area contributed by atoms with Gasteiger partial charge in [0.2, 0.25) is 0 Å². The summed E-state index contributed by atoms with van der Waals surface area (Å²) in [5.74, 6) is 0.380. The van der Waals surface area contributed by atoms with Crippen molar-refractivity contribution in [2.45, 2.75) is 45.4 Å². The molecule has 0 aromatic heterocycles. The summed E-state index contributed by atoms with van der Waals surface area (Å²) >= 11 is 0. The zero-order valence-corrected chi connectivity index (χ0v) is 15.8. The lowest BCUT2D eigenvalue weighted by molar-refractivity contribution is 0.103. The zero-order chi connectivity index (χ0) is 17.2. The molecule has 0 spiro atoms. The fourth-order valence-electron chi connectivity index (χ4n) is 2.61. The summed E-state index contributed by atoms with van der Waals surface area (Å²) < 4.78 is 5.66. The van der Waals surface area contributed by atoms with Gasteiger partial charge in [0.1, 0.15) is 11.5 Å². The van der Waals surface area contributed by atoms with Gasteiger partial charge in [-0.05, 0) is 18.6 Å². The molecule has 0 saturated heterocycles. The van der Waals surface area contributed by atoms with E-state index in [1.54, 1.807) is 24.3 Å². The van der Waals surface area contributed by atoms with Crippen LogP contribution in [-0.2, 0) is 0 Å². The number of ketones is 1. The van der Waals surface area contributed by atoms with Crippen molar-refractivity contribution in [1.82, 2.24) is 0 Å². The van der Waals surface area contributed by atoms with E-state index in [1.165, 1.54) is 31.7 Å². The van der Waals surface area contributed by atoms with Crippen LogP contribution < -0.4 is 4.74 Å². The number of carbonyl (C=O) groups is 1. The maximum absolute atomic E-state index is 12.4. The maximum atomic E-state index is 12.4. The van der Waals surface area contributed by atoms with Crippen LogP contribution in [0.5, 0.6) is 11.5 Å². The Morgan fingerprint density at radius 2 is 1.52 bits per heavy atom. The topological polar surface area (TPSA) is 141 Å². The van der Waals surface area contributed by atoms with Gasteiger partial charge in [-0.3, -0.25) is 4.79 Å². The highest BCUT2D eigenvalue weighted by Gasteiger charge is 2.13. The summed E-state index contributed by atoms with van der Waals surface area (Å²) in [6, 6.07) is 13.8. The van der Waals surface area contributed by atoms with Crippen molar-refractivity contribution in [3.63, 3.8) is 0 Å². The average Bonchev–Trinajstić information content (AvgIpc) is 2.61. The largest absolute Gasteiger partial charge is 0.507 e. The number of phenolic OH excluding ortho intramolecular Hbond substituents is 1. The van der Waals surface area contributed by atoms with Crippen LogP contribution >= 0.6 is 0 Å². The number of aromatic hydroxyl groups is 1. The van der Waals surface area contributed by atoms with Crippen LogP contribution in [0.2, 0.25) is 0 Å². The number of rotatable bonds is 10. The minimum atomic E-state index is -0.185. The molecular weight excluding hydrogens is 348 g/mol. The van der Waals surface area contributed by atoms with Crippen LogP contribution in [0, 0.1) is 0 Å². The second-order valence-corrected chi connectivity index (χ2v) is 5.99. The van der Waals surface area contributed by atoms with Crippen molar-refractivity contribution in [3.8, 4) is 11.5 Å². The highest BCUT2D eigenvalue weighted by Crippen LogP contribution is 2.26. The minimum absolute atomic E-state index is 0. The molecule has 2 aromatic rings. The number of hydrogen-bond acceptors (Lipinski definition) is 3. The van der Waals surface area contributed by atoms with Crippen LogP contribution in [0.3, 0.4) is 0 Å². The SMILES string of the molecule is CCCCCCCCOc1ccc(C(=O)c2ccccc2)c(O)c1.O.O.O. The lowest BCUT2D eigenvalue weighted by atomic mass is 10.0. The molecule has 6 nitrogen and oxygen atoms in total. The Hall–Kier alpha value is -2.41. The summed E-state index contributed by atoms with van der Waals surface area (Å²) in [5.41, 5.74) is 0.863. The van der Waals surface area contributed by atoms with E-state index in [1.807, 2.05) is 18.2 Å². The Balaban J connectivity index is 0. The molecule has 0 unspecified atom stereocenters. The Bertz CT molecular complexity index is 642. The molecule has 6 heteroatoms. The van der Waals surface area contributed by atoms with E-state index in [0.29, 0.717) is 23.5 Å². The first kappa shape index (κ1) is 26.8. The molecule has 2 aromatic carbocycles. The van der Waals surface area contributed by atoms with Gasteiger partial charge >= 0.3 is 0 Å². The Kier molecular flexibility index (Phi) is 14.6. The highest BCUT2D eigenvalue weighted by atomic mass is 16.5. The number of phenols is 1. The number of benzene rings is 2. The van der Waals surface area contributed by atoms with Gasteiger partial charge in [0.25, 0.3) is 0 Å². The van der Waals surface area contributed by atoms with E-state index in [9.17, 15) is 9.90 Å². The van der Waals surface area contributed by atoms with Crippen molar-refractivity contribution in [2.24, 2.45) is 0 Å². The molecule has 7 N–H and O–H groups in total. The van der Waals surface area contributed by atoms with Crippen molar-refractivity contribution >= 4 is 5.78 Å². The van der Waals surface area contributed by atoms with E-state index in [4.69, 9.17) is 4.74 Å². The Labute approximate surface area is 160 Å². The van der Waals surface area contributed by atoms with Gasteiger partial charge < -0.3 is 26.3 Å². The second kappa shape index (κ2) is 14.7. The predicted molar refractivity (Wildman–Crippen MR) is 108 cm³/mol. The van der Waals surface area contributed by atoms with Gasteiger partial charge in [0.05, 0.1) is 12.2 Å². The fourth-order valence-corrected chi connectivity index (χ4v) is 2.61. The van der Waals surface area contributed by atoms with Crippen LogP contribution in [0.1, 0.15) is 61.4 Å². The van der Waals surface area contributed by atoms with E-state index >= 15 is 0 Å². The van der Waals surface area contributed by atoms with E-state index in [0.717, 1.165) is 12.8 Å². The number of unbranched alkanes of at least 4 members (excludes halogenated alkanes) is 5. The molecule has 0 amide bonds. The monoisotopic (exact) mass is 380 g/mol. The number of ether oxygens (including phenoxy) is 1. The van der Waals surface area contributed by atoms with Crippen LogP contribution in [0.4, 0.5) is 0 Å². The first-order valence-electron chi connectivity index (χ1n) is 8.78. The van der Waals surface area contributed by atoms with Crippen molar-refractivity contribution in [3.05, 3.63) is 59.7 Å². The Morgan fingerprint density at radius 3 is 2.15 bits per heavy atom.